The van der Waals surface area contributed by atoms with E-state index in [9.17, 15) is 0 Å². The van der Waals surface area contributed by atoms with Gasteiger partial charge in [-0.1, -0.05) is 39.5 Å². The smallest absolute Gasteiger partial charge is 0.107 e. The molecule has 0 fully saturated rings. The summed E-state index contributed by atoms with van der Waals surface area (Å²) in [5, 5.41) is 3.27. The molecule has 0 aromatic heterocycles. The van der Waals surface area contributed by atoms with Gasteiger partial charge in [0.15, 0.2) is 0 Å². The molecule has 0 saturated heterocycles. The van der Waals surface area contributed by atoms with E-state index in [1.54, 1.807) is 0 Å². The zero-order valence-electron chi connectivity index (χ0n) is 9.18. The van der Waals surface area contributed by atoms with Crippen molar-refractivity contribution in [1.82, 2.24) is 5.32 Å². The van der Waals surface area contributed by atoms with Crippen molar-refractivity contribution in [2.24, 2.45) is 5.92 Å². The molecule has 2 nitrogen and oxygen atoms in total. The van der Waals surface area contributed by atoms with E-state index >= 15 is 0 Å². The largest absolute Gasteiger partial charge is 0.367 e. The first-order valence-corrected chi connectivity index (χ1v) is 4.92. The van der Waals surface area contributed by atoms with Crippen molar-refractivity contribution < 1.29 is 4.74 Å². The molecule has 0 rings (SSSR count). The van der Waals surface area contributed by atoms with Gasteiger partial charge < -0.3 is 10.1 Å². The van der Waals surface area contributed by atoms with Gasteiger partial charge >= 0.3 is 0 Å². The molecule has 0 bridgehead atoms. The number of nitrogens with one attached hydrogen (secondary N) is 1. The fourth-order valence-electron chi connectivity index (χ4n) is 0.789. The Bertz CT molecular complexity index is 165. The molecule has 0 aromatic rings. The molecule has 0 aliphatic heterocycles. The van der Waals surface area contributed by atoms with E-state index in [-0.39, 0.29) is 0 Å². The molecule has 0 aliphatic rings. The summed E-state index contributed by atoms with van der Waals surface area (Å²) in [4.78, 5) is 0. The van der Waals surface area contributed by atoms with Gasteiger partial charge in [0, 0.05) is 18.5 Å². The van der Waals surface area contributed by atoms with E-state index in [2.05, 4.69) is 44.9 Å². The average molecular weight is 183 g/mol. The first-order valence-electron chi connectivity index (χ1n) is 4.92. The summed E-state index contributed by atoms with van der Waals surface area (Å²) >= 11 is 0. The van der Waals surface area contributed by atoms with E-state index in [0.29, 0.717) is 18.6 Å². The van der Waals surface area contributed by atoms with Crippen LogP contribution in [0.15, 0.2) is 0 Å². The monoisotopic (exact) mass is 183 g/mol. The Morgan fingerprint density at radius 1 is 1.23 bits per heavy atom. The Hall–Kier alpha value is -0.520. The van der Waals surface area contributed by atoms with E-state index < -0.39 is 0 Å². The summed E-state index contributed by atoms with van der Waals surface area (Å²) < 4.78 is 5.30. The van der Waals surface area contributed by atoms with Gasteiger partial charge in [-0.15, -0.1) is 0 Å². The fraction of sp³-hybridized carbons (Fsp3) is 0.818. The van der Waals surface area contributed by atoms with Crippen LogP contribution in [0, 0.1) is 17.8 Å². The molecule has 0 radical (unpaired) electrons. The van der Waals surface area contributed by atoms with Gasteiger partial charge in [0.05, 0.1) is 6.61 Å². The van der Waals surface area contributed by atoms with Crippen LogP contribution in [0.5, 0.6) is 0 Å². The zero-order valence-corrected chi connectivity index (χ0v) is 9.18. The SMILES string of the molecule is CC(C)C#CCOCCNC(C)C. The molecule has 1 N–H and O–H groups in total. The summed E-state index contributed by atoms with van der Waals surface area (Å²) in [6, 6.07) is 0.533. The summed E-state index contributed by atoms with van der Waals surface area (Å²) in [7, 11) is 0. The maximum atomic E-state index is 5.30. The third-order valence-corrected chi connectivity index (χ3v) is 1.36. The van der Waals surface area contributed by atoms with Crippen LogP contribution in [0.25, 0.3) is 0 Å². The summed E-state index contributed by atoms with van der Waals surface area (Å²) in [6.45, 7) is 10.6. The second-order valence-electron chi connectivity index (χ2n) is 3.64. The van der Waals surface area contributed by atoms with E-state index in [0.717, 1.165) is 13.2 Å². The minimum Gasteiger partial charge on any atom is -0.367 e. The molecule has 0 unspecified atom stereocenters. The van der Waals surface area contributed by atoms with Crippen molar-refractivity contribution in [3.63, 3.8) is 0 Å². The van der Waals surface area contributed by atoms with Crippen LogP contribution in [0.2, 0.25) is 0 Å². The predicted molar refractivity (Wildman–Crippen MR) is 56.6 cm³/mol. The van der Waals surface area contributed by atoms with Crippen LogP contribution >= 0.6 is 0 Å². The number of hydrogen-bond acceptors (Lipinski definition) is 2. The van der Waals surface area contributed by atoms with Crippen LogP contribution in [0.1, 0.15) is 27.7 Å². The average Bonchev–Trinajstić information content (AvgIpc) is 2.01. The van der Waals surface area contributed by atoms with Crippen molar-refractivity contribution in [2.45, 2.75) is 33.7 Å². The van der Waals surface area contributed by atoms with Crippen molar-refractivity contribution in [3.05, 3.63) is 0 Å². The van der Waals surface area contributed by atoms with Gasteiger partial charge in [-0.2, -0.15) is 0 Å². The molecule has 0 heterocycles. The molecule has 0 aliphatic carbocycles. The number of ether oxygens (including phenoxy) is 1. The molecule has 0 aromatic carbocycles. The highest BCUT2D eigenvalue weighted by atomic mass is 16.5. The van der Waals surface area contributed by atoms with Crippen LogP contribution in [-0.2, 0) is 4.74 Å². The normalized spacial score (nSPS) is 10.3. The van der Waals surface area contributed by atoms with Gasteiger partial charge in [-0.25, -0.2) is 0 Å². The molecule has 13 heavy (non-hydrogen) atoms. The molecular formula is C11H21NO. The standard InChI is InChI=1S/C11H21NO/c1-10(2)6-5-8-13-9-7-12-11(3)4/h10-12H,7-9H2,1-4H3. The highest BCUT2D eigenvalue weighted by Gasteiger charge is 1.90. The van der Waals surface area contributed by atoms with Crippen molar-refractivity contribution in [2.75, 3.05) is 19.8 Å². The Morgan fingerprint density at radius 2 is 1.92 bits per heavy atom. The lowest BCUT2D eigenvalue weighted by atomic mass is 10.2. The molecular weight excluding hydrogens is 162 g/mol. The lowest BCUT2D eigenvalue weighted by Gasteiger charge is -2.06. The van der Waals surface area contributed by atoms with E-state index in [4.69, 9.17) is 4.74 Å². The second-order valence-corrected chi connectivity index (χ2v) is 3.64. The molecule has 0 saturated carbocycles. The van der Waals surface area contributed by atoms with Gasteiger partial charge in [0.1, 0.15) is 6.61 Å². The van der Waals surface area contributed by atoms with Crippen LogP contribution in [0.4, 0.5) is 0 Å². The molecule has 0 atom stereocenters. The van der Waals surface area contributed by atoms with Crippen molar-refractivity contribution >= 4 is 0 Å². The number of rotatable bonds is 5. The molecule has 0 amide bonds. The summed E-state index contributed by atoms with van der Waals surface area (Å²) in [5.41, 5.74) is 0. The number of hydrogen-bond donors (Lipinski definition) is 1. The minimum atomic E-state index is 0.442. The second kappa shape index (κ2) is 8.10. The van der Waals surface area contributed by atoms with Crippen molar-refractivity contribution in [3.8, 4) is 11.8 Å². The van der Waals surface area contributed by atoms with Gasteiger partial charge in [0.2, 0.25) is 0 Å². The maximum Gasteiger partial charge on any atom is 0.107 e. The molecule has 2 heteroatoms. The molecule has 76 valence electrons. The van der Waals surface area contributed by atoms with Crippen molar-refractivity contribution in [1.29, 1.82) is 0 Å². The lowest BCUT2D eigenvalue weighted by Crippen LogP contribution is -2.26. The first-order chi connectivity index (χ1) is 6.13. The third-order valence-electron chi connectivity index (χ3n) is 1.36. The Balaban J connectivity index is 3.14. The Kier molecular flexibility index (Phi) is 7.77. The first kappa shape index (κ1) is 12.5. The molecule has 0 spiro atoms. The van der Waals surface area contributed by atoms with Crippen LogP contribution < -0.4 is 5.32 Å². The van der Waals surface area contributed by atoms with E-state index in [1.165, 1.54) is 0 Å². The quantitative estimate of drug-likeness (QED) is 0.517. The zero-order chi connectivity index (χ0) is 10.1. The van der Waals surface area contributed by atoms with Crippen LogP contribution in [-0.4, -0.2) is 25.8 Å². The topological polar surface area (TPSA) is 21.3 Å². The Morgan fingerprint density at radius 3 is 2.46 bits per heavy atom. The summed E-state index contributed by atoms with van der Waals surface area (Å²) in [5.74, 6) is 6.46. The highest BCUT2D eigenvalue weighted by Crippen LogP contribution is 1.85. The summed E-state index contributed by atoms with van der Waals surface area (Å²) in [6.07, 6.45) is 0. The van der Waals surface area contributed by atoms with Crippen LogP contribution in [0.3, 0.4) is 0 Å². The third kappa shape index (κ3) is 11.5. The maximum absolute atomic E-state index is 5.30. The fourth-order valence-corrected chi connectivity index (χ4v) is 0.789. The van der Waals surface area contributed by atoms with Gasteiger partial charge in [-0.3, -0.25) is 0 Å². The van der Waals surface area contributed by atoms with E-state index in [1.807, 2.05) is 0 Å². The Labute approximate surface area is 82.1 Å². The van der Waals surface area contributed by atoms with Gasteiger partial charge in [-0.05, 0) is 0 Å². The highest BCUT2D eigenvalue weighted by molar-refractivity contribution is 5.01. The lowest BCUT2D eigenvalue weighted by molar-refractivity contribution is 0.166. The predicted octanol–water partition coefficient (Wildman–Crippen LogP) is 1.66. The minimum absolute atomic E-state index is 0.442. The van der Waals surface area contributed by atoms with Gasteiger partial charge in [0.25, 0.3) is 0 Å².